The zero-order valence-corrected chi connectivity index (χ0v) is 12.5. The molecule has 0 radical (unpaired) electrons. The van der Waals surface area contributed by atoms with Crippen LogP contribution < -0.4 is 5.73 Å². The van der Waals surface area contributed by atoms with E-state index in [0.717, 1.165) is 25.9 Å². The van der Waals surface area contributed by atoms with E-state index in [2.05, 4.69) is 11.8 Å². The molecule has 1 fully saturated rings. The SMILES string of the molecule is CC1(C(N)=S)CCN(Cc2c(F)cccc2Cl)CC1. The number of hydrogen-bond donors (Lipinski definition) is 1. The van der Waals surface area contributed by atoms with Crippen molar-refractivity contribution in [2.75, 3.05) is 13.1 Å². The first-order valence-electron chi connectivity index (χ1n) is 6.37. The third kappa shape index (κ3) is 3.25. The lowest BCUT2D eigenvalue weighted by atomic mass is 9.80. The van der Waals surface area contributed by atoms with E-state index in [1.807, 2.05) is 0 Å². The first-order chi connectivity index (χ1) is 8.92. The zero-order chi connectivity index (χ0) is 14.0. The second-order valence-electron chi connectivity index (χ2n) is 5.40. The summed E-state index contributed by atoms with van der Waals surface area (Å²) in [5.41, 5.74) is 6.29. The van der Waals surface area contributed by atoms with Gasteiger partial charge in [-0.05, 0) is 38.1 Å². The van der Waals surface area contributed by atoms with Gasteiger partial charge in [0.15, 0.2) is 0 Å². The van der Waals surface area contributed by atoms with Gasteiger partial charge in [0.2, 0.25) is 0 Å². The largest absolute Gasteiger partial charge is 0.393 e. The summed E-state index contributed by atoms with van der Waals surface area (Å²) in [6, 6.07) is 4.80. The van der Waals surface area contributed by atoms with Gasteiger partial charge in [0, 0.05) is 22.5 Å². The smallest absolute Gasteiger partial charge is 0.129 e. The predicted molar refractivity (Wildman–Crippen MR) is 80.8 cm³/mol. The number of rotatable bonds is 3. The minimum absolute atomic E-state index is 0.0646. The van der Waals surface area contributed by atoms with Crippen LogP contribution in [0.2, 0.25) is 5.02 Å². The first kappa shape index (κ1) is 14.7. The molecule has 2 rings (SSSR count). The van der Waals surface area contributed by atoms with Crippen LogP contribution in [0.1, 0.15) is 25.3 Å². The van der Waals surface area contributed by atoms with E-state index in [1.165, 1.54) is 6.07 Å². The van der Waals surface area contributed by atoms with Crippen LogP contribution in [-0.2, 0) is 6.54 Å². The van der Waals surface area contributed by atoms with Crippen molar-refractivity contribution in [2.45, 2.75) is 26.3 Å². The minimum Gasteiger partial charge on any atom is -0.393 e. The maximum Gasteiger partial charge on any atom is 0.129 e. The average molecular weight is 301 g/mol. The van der Waals surface area contributed by atoms with E-state index in [9.17, 15) is 4.39 Å². The molecular weight excluding hydrogens is 283 g/mol. The van der Waals surface area contributed by atoms with E-state index < -0.39 is 0 Å². The number of nitrogens with two attached hydrogens (primary N) is 1. The number of piperidine rings is 1. The van der Waals surface area contributed by atoms with E-state index in [1.54, 1.807) is 12.1 Å². The molecule has 0 aliphatic carbocycles. The normalized spacial score (nSPS) is 19.3. The highest BCUT2D eigenvalue weighted by Gasteiger charge is 2.32. The number of hydrogen-bond acceptors (Lipinski definition) is 2. The molecule has 0 unspecified atom stereocenters. The molecule has 0 bridgehead atoms. The molecule has 0 spiro atoms. The molecule has 1 saturated heterocycles. The van der Waals surface area contributed by atoms with Crippen LogP contribution in [0.3, 0.4) is 0 Å². The van der Waals surface area contributed by atoms with Crippen LogP contribution in [0.4, 0.5) is 4.39 Å². The fraction of sp³-hybridized carbons (Fsp3) is 0.500. The Labute approximate surface area is 123 Å². The number of benzene rings is 1. The maximum atomic E-state index is 13.7. The molecule has 2 N–H and O–H groups in total. The molecule has 1 aromatic carbocycles. The highest BCUT2D eigenvalue weighted by atomic mass is 35.5. The van der Waals surface area contributed by atoms with Crippen LogP contribution in [-0.4, -0.2) is 23.0 Å². The van der Waals surface area contributed by atoms with Crippen LogP contribution in [0.25, 0.3) is 0 Å². The van der Waals surface area contributed by atoms with Gasteiger partial charge in [-0.1, -0.05) is 36.8 Å². The van der Waals surface area contributed by atoms with Gasteiger partial charge in [0.05, 0.1) is 4.99 Å². The highest BCUT2D eigenvalue weighted by molar-refractivity contribution is 7.80. The third-order valence-corrected chi connectivity index (χ3v) is 4.84. The van der Waals surface area contributed by atoms with Crippen molar-refractivity contribution in [1.29, 1.82) is 0 Å². The van der Waals surface area contributed by atoms with Gasteiger partial charge in [-0.25, -0.2) is 4.39 Å². The summed E-state index contributed by atoms with van der Waals surface area (Å²) >= 11 is 11.2. The van der Waals surface area contributed by atoms with E-state index in [4.69, 9.17) is 29.6 Å². The lowest BCUT2D eigenvalue weighted by Gasteiger charge is -2.38. The van der Waals surface area contributed by atoms with Crippen molar-refractivity contribution < 1.29 is 4.39 Å². The molecule has 1 aromatic rings. The van der Waals surface area contributed by atoms with Crippen molar-refractivity contribution in [3.8, 4) is 0 Å². The summed E-state index contributed by atoms with van der Waals surface area (Å²) in [6.45, 7) is 4.36. The van der Waals surface area contributed by atoms with Crippen molar-refractivity contribution >= 4 is 28.8 Å². The monoisotopic (exact) mass is 300 g/mol. The average Bonchev–Trinajstić information content (AvgIpc) is 2.36. The summed E-state index contributed by atoms with van der Waals surface area (Å²) in [6.07, 6.45) is 1.82. The number of thiocarbonyl (C=S) groups is 1. The van der Waals surface area contributed by atoms with Crippen molar-refractivity contribution in [3.05, 3.63) is 34.6 Å². The summed E-state index contributed by atoms with van der Waals surface area (Å²) in [5, 5.41) is 0.489. The highest BCUT2D eigenvalue weighted by Crippen LogP contribution is 2.32. The first-order valence-corrected chi connectivity index (χ1v) is 7.16. The maximum absolute atomic E-state index is 13.7. The molecule has 2 nitrogen and oxygen atoms in total. The summed E-state index contributed by atoms with van der Waals surface area (Å²) in [5.74, 6) is -0.241. The number of nitrogens with zero attached hydrogens (tertiary/aromatic N) is 1. The molecule has 5 heteroatoms. The topological polar surface area (TPSA) is 29.3 Å². The molecule has 104 valence electrons. The fourth-order valence-electron chi connectivity index (χ4n) is 2.36. The van der Waals surface area contributed by atoms with Crippen LogP contribution in [0, 0.1) is 11.2 Å². The molecule has 1 heterocycles. The Morgan fingerprint density at radius 1 is 1.47 bits per heavy atom. The summed E-state index contributed by atoms with van der Waals surface area (Å²) in [7, 11) is 0. The Morgan fingerprint density at radius 3 is 2.63 bits per heavy atom. The fourth-order valence-corrected chi connectivity index (χ4v) is 2.78. The third-order valence-electron chi connectivity index (χ3n) is 4.00. The molecule has 0 aromatic heterocycles. The van der Waals surface area contributed by atoms with Gasteiger partial charge in [0.1, 0.15) is 5.82 Å². The van der Waals surface area contributed by atoms with Gasteiger partial charge in [-0.3, -0.25) is 4.90 Å². The van der Waals surface area contributed by atoms with Crippen molar-refractivity contribution in [3.63, 3.8) is 0 Å². The Hall–Kier alpha value is -0.710. The lowest BCUT2D eigenvalue weighted by molar-refractivity contribution is 0.156. The molecule has 0 atom stereocenters. The van der Waals surface area contributed by atoms with E-state index in [-0.39, 0.29) is 11.2 Å². The molecule has 0 amide bonds. The second-order valence-corrected chi connectivity index (χ2v) is 6.25. The predicted octanol–water partition coefficient (Wildman–Crippen LogP) is 3.37. The van der Waals surface area contributed by atoms with E-state index >= 15 is 0 Å². The van der Waals surface area contributed by atoms with Crippen LogP contribution >= 0.6 is 23.8 Å². The molecule has 0 saturated carbocycles. The second kappa shape index (κ2) is 5.73. The Morgan fingerprint density at radius 2 is 2.11 bits per heavy atom. The van der Waals surface area contributed by atoms with Crippen LogP contribution in [0.15, 0.2) is 18.2 Å². The van der Waals surface area contributed by atoms with Gasteiger partial charge in [-0.2, -0.15) is 0 Å². The molecular formula is C14H18ClFN2S. The quantitative estimate of drug-likeness (QED) is 0.868. The lowest BCUT2D eigenvalue weighted by Crippen LogP contribution is -2.44. The number of likely N-dealkylation sites (tertiary alicyclic amines) is 1. The molecule has 1 aliphatic heterocycles. The standard InChI is InChI=1S/C14H18ClFN2S/c1-14(13(17)19)5-7-18(8-6-14)9-10-11(15)3-2-4-12(10)16/h2-4H,5-9H2,1H3,(H2,17,19). The summed E-state index contributed by atoms with van der Waals surface area (Å²) in [4.78, 5) is 2.78. The van der Waals surface area contributed by atoms with Gasteiger partial charge >= 0.3 is 0 Å². The van der Waals surface area contributed by atoms with Crippen LogP contribution in [0.5, 0.6) is 0 Å². The molecule has 19 heavy (non-hydrogen) atoms. The van der Waals surface area contributed by atoms with E-state index in [0.29, 0.717) is 22.1 Å². The van der Waals surface area contributed by atoms with Crippen molar-refractivity contribution in [1.82, 2.24) is 4.90 Å². The number of halogens is 2. The van der Waals surface area contributed by atoms with Crippen molar-refractivity contribution in [2.24, 2.45) is 11.1 Å². The van der Waals surface area contributed by atoms with Gasteiger partial charge in [0.25, 0.3) is 0 Å². The Balaban J connectivity index is 2.02. The Kier molecular flexibility index (Phi) is 4.43. The van der Waals surface area contributed by atoms with Gasteiger partial charge < -0.3 is 5.73 Å². The molecule has 1 aliphatic rings. The Bertz CT molecular complexity index is 464. The van der Waals surface area contributed by atoms with Gasteiger partial charge in [-0.15, -0.1) is 0 Å². The minimum atomic E-state index is -0.241. The summed E-state index contributed by atoms with van der Waals surface area (Å²) < 4.78 is 13.7. The zero-order valence-electron chi connectivity index (χ0n) is 11.0.